The van der Waals surface area contributed by atoms with Crippen LogP contribution >= 0.6 is 0 Å². The topological polar surface area (TPSA) is 72.6 Å². The highest BCUT2D eigenvalue weighted by Crippen LogP contribution is 2.20. The van der Waals surface area contributed by atoms with Gasteiger partial charge in [-0.15, -0.1) is 0 Å². The molecule has 6 nitrogen and oxygen atoms in total. The molecular formula is C24H42N4O2. The molecule has 0 aliphatic carbocycles. The normalized spacial score (nSPS) is 14.9. The highest BCUT2D eigenvalue weighted by molar-refractivity contribution is 5.46. The first-order valence-corrected chi connectivity index (χ1v) is 11.4. The highest BCUT2D eigenvalue weighted by Gasteiger charge is 2.18. The van der Waals surface area contributed by atoms with Crippen molar-refractivity contribution in [3.63, 3.8) is 0 Å². The highest BCUT2D eigenvalue weighted by atomic mass is 16.5. The second kappa shape index (κ2) is 12.3. The summed E-state index contributed by atoms with van der Waals surface area (Å²) < 4.78 is 11.1. The number of aromatic nitrogens is 1. The van der Waals surface area contributed by atoms with Crippen molar-refractivity contribution in [2.45, 2.75) is 70.9 Å². The van der Waals surface area contributed by atoms with Gasteiger partial charge in [0.25, 0.3) is 0 Å². The number of hydrogen-bond acceptors (Lipinski definition) is 6. The lowest BCUT2D eigenvalue weighted by Crippen LogP contribution is -2.36. The van der Waals surface area contributed by atoms with Crippen LogP contribution < -0.4 is 11.1 Å². The summed E-state index contributed by atoms with van der Waals surface area (Å²) in [4.78, 5) is 7.23. The number of hydrogen-bond donors (Lipinski definition) is 2. The van der Waals surface area contributed by atoms with Gasteiger partial charge < -0.3 is 25.4 Å². The quantitative estimate of drug-likeness (QED) is 0.375. The molecule has 0 saturated heterocycles. The molecule has 0 radical (unpaired) electrons. The predicted octanol–water partition coefficient (Wildman–Crippen LogP) is 3.76. The molecule has 1 unspecified atom stereocenters. The maximum atomic E-state index is 6.29. The minimum Gasteiger partial charge on any atom is -0.491 e. The minimum absolute atomic E-state index is 0.151. The number of anilines is 1. The molecule has 30 heavy (non-hydrogen) atoms. The number of rotatable bonds is 13. The van der Waals surface area contributed by atoms with Crippen LogP contribution in [0.2, 0.25) is 0 Å². The largest absolute Gasteiger partial charge is 0.491 e. The summed E-state index contributed by atoms with van der Waals surface area (Å²) in [6.07, 6.45) is 6.44. The van der Waals surface area contributed by atoms with E-state index in [0.717, 1.165) is 70.7 Å². The van der Waals surface area contributed by atoms with Gasteiger partial charge in [0.05, 0.1) is 12.6 Å². The summed E-state index contributed by atoms with van der Waals surface area (Å²) in [6, 6.07) is 4.28. The van der Waals surface area contributed by atoms with E-state index in [1.807, 2.05) is 20.8 Å². The molecule has 0 spiro atoms. The van der Waals surface area contributed by atoms with Crippen molar-refractivity contribution in [3.8, 4) is 0 Å². The number of unbranched alkanes of at least 4 members (excludes halogenated alkanes) is 1. The van der Waals surface area contributed by atoms with E-state index in [4.69, 9.17) is 20.2 Å². The first-order chi connectivity index (χ1) is 14.3. The molecule has 1 aromatic rings. The van der Waals surface area contributed by atoms with Gasteiger partial charge in [0.2, 0.25) is 0 Å². The second-order valence-electron chi connectivity index (χ2n) is 9.21. The van der Waals surface area contributed by atoms with Gasteiger partial charge in [0.1, 0.15) is 17.2 Å². The van der Waals surface area contributed by atoms with Crippen LogP contribution in [0.25, 0.3) is 0 Å². The summed E-state index contributed by atoms with van der Waals surface area (Å²) in [5.41, 5.74) is 8.57. The van der Waals surface area contributed by atoms with Gasteiger partial charge in [-0.1, -0.05) is 12.6 Å². The maximum Gasteiger partial charge on any atom is 0.129 e. The van der Waals surface area contributed by atoms with E-state index in [-0.39, 0.29) is 11.6 Å². The van der Waals surface area contributed by atoms with Crippen molar-refractivity contribution < 1.29 is 9.47 Å². The molecule has 1 aliphatic heterocycles. The number of nitrogens with zero attached hydrogens (tertiary/aromatic N) is 2. The van der Waals surface area contributed by atoms with Crippen LogP contribution in [0.4, 0.5) is 5.82 Å². The zero-order valence-electron chi connectivity index (χ0n) is 19.5. The van der Waals surface area contributed by atoms with Gasteiger partial charge in [0, 0.05) is 32.4 Å². The molecule has 0 fully saturated rings. The van der Waals surface area contributed by atoms with Crippen LogP contribution in [0.1, 0.15) is 57.7 Å². The average Bonchev–Trinajstić information content (AvgIpc) is 2.70. The zero-order valence-corrected chi connectivity index (χ0v) is 19.5. The van der Waals surface area contributed by atoms with Crippen molar-refractivity contribution in [2.24, 2.45) is 5.73 Å². The summed E-state index contributed by atoms with van der Waals surface area (Å²) in [7, 11) is 1.75. The van der Waals surface area contributed by atoms with Crippen molar-refractivity contribution in [3.05, 3.63) is 35.7 Å². The van der Waals surface area contributed by atoms with Crippen LogP contribution in [0.3, 0.4) is 0 Å². The number of ether oxygens (including phenoxy) is 2. The van der Waals surface area contributed by atoms with Crippen molar-refractivity contribution in [1.29, 1.82) is 0 Å². The Hall–Kier alpha value is -1.63. The summed E-state index contributed by atoms with van der Waals surface area (Å²) >= 11 is 0. The SMILES string of the molecule is C=C(OC(C)(C)C)C(N)CCN(CCCCc1ccc2c(n1)NCCC2)CCOC. The van der Waals surface area contributed by atoms with Crippen LogP contribution in [-0.4, -0.2) is 61.4 Å². The molecule has 0 aromatic carbocycles. The average molecular weight is 419 g/mol. The third-order valence-corrected chi connectivity index (χ3v) is 5.33. The van der Waals surface area contributed by atoms with Gasteiger partial charge >= 0.3 is 0 Å². The maximum absolute atomic E-state index is 6.29. The fourth-order valence-corrected chi connectivity index (χ4v) is 3.66. The van der Waals surface area contributed by atoms with E-state index < -0.39 is 0 Å². The lowest BCUT2D eigenvalue weighted by Gasteiger charge is -2.28. The number of nitrogens with two attached hydrogens (primary N) is 1. The van der Waals surface area contributed by atoms with Crippen LogP contribution in [0.15, 0.2) is 24.5 Å². The molecule has 2 heterocycles. The standard InChI is InChI=1S/C24H42N4O2/c1-19(30-24(2,3)4)22(25)13-16-28(17-18-29-5)15-7-6-10-21-12-11-20-9-8-14-26-23(20)27-21/h11-12,22H,1,6-10,13-18,25H2,2-5H3,(H,26,27). The fourth-order valence-electron chi connectivity index (χ4n) is 3.66. The molecule has 1 aromatic heterocycles. The van der Waals surface area contributed by atoms with Crippen LogP contribution in [-0.2, 0) is 22.3 Å². The Morgan fingerprint density at radius 2 is 2.07 bits per heavy atom. The molecule has 3 N–H and O–H groups in total. The van der Waals surface area contributed by atoms with Gasteiger partial charge in [-0.3, -0.25) is 0 Å². The third-order valence-electron chi connectivity index (χ3n) is 5.33. The Bertz CT molecular complexity index is 657. The lowest BCUT2D eigenvalue weighted by molar-refractivity contribution is 0.0415. The first kappa shape index (κ1) is 24.6. The number of pyridine rings is 1. The predicted molar refractivity (Wildman–Crippen MR) is 125 cm³/mol. The number of nitrogens with one attached hydrogen (secondary N) is 1. The Morgan fingerprint density at radius 1 is 1.27 bits per heavy atom. The monoisotopic (exact) mass is 418 g/mol. The Morgan fingerprint density at radius 3 is 2.80 bits per heavy atom. The Kier molecular flexibility index (Phi) is 10.1. The van der Waals surface area contributed by atoms with Gasteiger partial charge in [-0.25, -0.2) is 4.98 Å². The molecular weight excluding hydrogens is 376 g/mol. The second-order valence-corrected chi connectivity index (χ2v) is 9.21. The molecule has 1 aliphatic rings. The van der Waals surface area contributed by atoms with Crippen molar-refractivity contribution in [2.75, 3.05) is 45.2 Å². The summed E-state index contributed by atoms with van der Waals surface area (Å²) in [6.45, 7) is 14.7. The lowest BCUT2D eigenvalue weighted by atomic mass is 10.1. The van der Waals surface area contributed by atoms with E-state index in [9.17, 15) is 0 Å². The Labute approximate surface area is 183 Å². The Balaban J connectivity index is 1.74. The van der Waals surface area contributed by atoms with Gasteiger partial charge in [-0.2, -0.15) is 0 Å². The molecule has 6 heteroatoms. The first-order valence-electron chi connectivity index (χ1n) is 11.4. The minimum atomic E-state index is -0.259. The molecule has 170 valence electrons. The number of aryl methyl sites for hydroxylation is 2. The van der Waals surface area contributed by atoms with E-state index in [2.05, 4.69) is 28.9 Å². The number of methoxy groups -OCH3 is 1. The van der Waals surface area contributed by atoms with Crippen LogP contribution in [0.5, 0.6) is 0 Å². The smallest absolute Gasteiger partial charge is 0.129 e. The van der Waals surface area contributed by atoms with E-state index in [1.54, 1.807) is 7.11 Å². The molecule has 2 rings (SSSR count). The number of fused-ring (bicyclic) bond motifs is 1. The molecule has 0 amide bonds. The van der Waals surface area contributed by atoms with E-state index in [0.29, 0.717) is 5.76 Å². The van der Waals surface area contributed by atoms with Gasteiger partial charge in [0.15, 0.2) is 0 Å². The van der Waals surface area contributed by atoms with Crippen molar-refractivity contribution in [1.82, 2.24) is 9.88 Å². The molecule has 0 bridgehead atoms. The third kappa shape index (κ3) is 9.02. The van der Waals surface area contributed by atoms with Crippen LogP contribution in [0, 0.1) is 0 Å². The fraction of sp³-hybridized carbons (Fsp3) is 0.708. The molecule has 0 saturated carbocycles. The van der Waals surface area contributed by atoms with E-state index >= 15 is 0 Å². The summed E-state index contributed by atoms with van der Waals surface area (Å²) in [5, 5.41) is 3.42. The van der Waals surface area contributed by atoms with Gasteiger partial charge in [-0.05, 0) is 77.5 Å². The van der Waals surface area contributed by atoms with E-state index in [1.165, 1.54) is 17.7 Å². The molecule has 1 atom stereocenters. The van der Waals surface area contributed by atoms with Crippen molar-refractivity contribution >= 4 is 5.82 Å². The zero-order chi connectivity index (χ0) is 22.0. The summed E-state index contributed by atoms with van der Waals surface area (Å²) in [5.74, 6) is 1.76.